The Kier molecular flexibility index (Phi) is 5.44. The first-order chi connectivity index (χ1) is 7.22. The van der Waals surface area contributed by atoms with Crippen LogP contribution in [0.3, 0.4) is 0 Å². The monoisotopic (exact) mass is 231 g/mol. The van der Waals surface area contributed by atoms with E-state index in [-0.39, 0.29) is 11.8 Å². The van der Waals surface area contributed by atoms with Crippen LogP contribution in [0.2, 0.25) is 0 Å². The number of amides is 1. The maximum absolute atomic E-state index is 11.9. The van der Waals surface area contributed by atoms with Crippen molar-refractivity contribution in [1.29, 1.82) is 0 Å². The van der Waals surface area contributed by atoms with Crippen molar-refractivity contribution in [2.75, 3.05) is 5.88 Å². The SMILES string of the molecule is CCC(CC)C(=O)NC1CCCC1CCl. The molecule has 0 aromatic heterocycles. The molecule has 0 spiro atoms. The van der Waals surface area contributed by atoms with E-state index in [0.29, 0.717) is 17.8 Å². The van der Waals surface area contributed by atoms with E-state index in [2.05, 4.69) is 19.2 Å². The van der Waals surface area contributed by atoms with Crippen LogP contribution in [0.15, 0.2) is 0 Å². The van der Waals surface area contributed by atoms with Gasteiger partial charge in [0.15, 0.2) is 0 Å². The smallest absolute Gasteiger partial charge is 0.223 e. The maximum atomic E-state index is 11.9. The van der Waals surface area contributed by atoms with Gasteiger partial charge in [-0.05, 0) is 31.6 Å². The minimum absolute atomic E-state index is 0.182. The van der Waals surface area contributed by atoms with Gasteiger partial charge in [0.2, 0.25) is 5.91 Å². The molecule has 3 heteroatoms. The summed E-state index contributed by atoms with van der Waals surface area (Å²) in [6.07, 6.45) is 5.33. The summed E-state index contributed by atoms with van der Waals surface area (Å²) < 4.78 is 0. The molecule has 0 heterocycles. The highest BCUT2D eigenvalue weighted by Gasteiger charge is 2.29. The van der Waals surface area contributed by atoms with Crippen LogP contribution in [0.4, 0.5) is 0 Å². The van der Waals surface area contributed by atoms with Gasteiger partial charge < -0.3 is 5.32 Å². The molecule has 2 nitrogen and oxygen atoms in total. The molecule has 88 valence electrons. The fourth-order valence-corrected chi connectivity index (χ4v) is 2.74. The Bertz CT molecular complexity index is 204. The maximum Gasteiger partial charge on any atom is 0.223 e. The molecule has 0 radical (unpaired) electrons. The minimum atomic E-state index is 0.182. The van der Waals surface area contributed by atoms with Gasteiger partial charge in [-0.15, -0.1) is 11.6 Å². The zero-order valence-corrected chi connectivity index (χ0v) is 10.5. The molecule has 0 aromatic rings. The number of nitrogens with one attached hydrogen (secondary N) is 1. The van der Waals surface area contributed by atoms with Gasteiger partial charge in [-0.2, -0.15) is 0 Å². The predicted molar refractivity (Wildman–Crippen MR) is 64.1 cm³/mol. The molecule has 1 N–H and O–H groups in total. The Balaban J connectivity index is 2.42. The molecule has 1 aliphatic carbocycles. The molecule has 0 bridgehead atoms. The molecule has 1 saturated carbocycles. The van der Waals surface area contributed by atoms with Gasteiger partial charge in [-0.25, -0.2) is 0 Å². The number of hydrogen-bond acceptors (Lipinski definition) is 1. The number of carbonyl (C=O) groups is 1. The van der Waals surface area contributed by atoms with E-state index in [1.165, 1.54) is 6.42 Å². The van der Waals surface area contributed by atoms with Crippen LogP contribution in [0, 0.1) is 11.8 Å². The Morgan fingerprint density at radius 1 is 1.40 bits per heavy atom. The number of hydrogen-bond donors (Lipinski definition) is 1. The number of rotatable bonds is 5. The largest absolute Gasteiger partial charge is 0.353 e. The fraction of sp³-hybridized carbons (Fsp3) is 0.917. The Morgan fingerprint density at radius 2 is 2.07 bits per heavy atom. The Morgan fingerprint density at radius 3 is 2.60 bits per heavy atom. The van der Waals surface area contributed by atoms with Gasteiger partial charge in [0.05, 0.1) is 0 Å². The first kappa shape index (κ1) is 12.8. The van der Waals surface area contributed by atoms with Crippen LogP contribution in [0.5, 0.6) is 0 Å². The molecular formula is C12H22ClNO. The van der Waals surface area contributed by atoms with Gasteiger partial charge >= 0.3 is 0 Å². The van der Waals surface area contributed by atoms with Crippen molar-refractivity contribution in [3.63, 3.8) is 0 Å². The average Bonchev–Trinajstić information content (AvgIpc) is 2.67. The summed E-state index contributed by atoms with van der Waals surface area (Å²) in [5.74, 6) is 1.57. The second kappa shape index (κ2) is 6.37. The third-order valence-electron chi connectivity index (χ3n) is 3.54. The van der Waals surface area contributed by atoms with Crippen LogP contribution in [0.25, 0.3) is 0 Å². The van der Waals surface area contributed by atoms with Crippen LogP contribution in [-0.4, -0.2) is 17.8 Å². The van der Waals surface area contributed by atoms with E-state index < -0.39 is 0 Å². The summed E-state index contributed by atoms with van der Waals surface area (Å²) in [6, 6.07) is 0.329. The lowest BCUT2D eigenvalue weighted by atomic mass is 10.0. The molecule has 1 fully saturated rings. The zero-order valence-electron chi connectivity index (χ0n) is 9.76. The Labute approximate surface area is 97.8 Å². The van der Waals surface area contributed by atoms with Crippen molar-refractivity contribution in [2.24, 2.45) is 11.8 Å². The first-order valence-corrected chi connectivity index (χ1v) is 6.62. The molecule has 15 heavy (non-hydrogen) atoms. The van der Waals surface area contributed by atoms with E-state index in [4.69, 9.17) is 11.6 Å². The summed E-state index contributed by atoms with van der Waals surface area (Å²) in [6.45, 7) is 4.14. The summed E-state index contributed by atoms with van der Waals surface area (Å²) in [5.41, 5.74) is 0. The summed E-state index contributed by atoms with van der Waals surface area (Å²) in [5, 5.41) is 3.16. The fourth-order valence-electron chi connectivity index (χ4n) is 2.37. The topological polar surface area (TPSA) is 29.1 Å². The molecule has 0 saturated heterocycles. The molecule has 2 unspecified atom stereocenters. The average molecular weight is 232 g/mol. The van der Waals surface area contributed by atoms with Crippen molar-refractivity contribution >= 4 is 17.5 Å². The molecule has 1 rings (SSSR count). The molecular weight excluding hydrogens is 210 g/mol. The van der Waals surface area contributed by atoms with E-state index in [1.54, 1.807) is 0 Å². The third kappa shape index (κ3) is 3.37. The second-order valence-electron chi connectivity index (χ2n) is 4.47. The molecule has 1 aliphatic rings. The highest BCUT2D eigenvalue weighted by Crippen LogP contribution is 2.27. The summed E-state index contributed by atoms with van der Waals surface area (Å²) >= 11 is 5.88. The highest BCUT2D eigenvalue weighted by molar-refractivity contribution is 6.18. The van der Waals surface area contributed by atoms with E-state index in [1.807, 2.05) is 0 Å². The quantitative estimate of drug-likeness (QED) is 0.725. The number of carbonyl (C=O) groups excluding carboxylic acids is 1. The van der Waals surface area contributed by atoms with Gasteiger partial charge in [0, 0.05) is 17.8 Å². The minimum Gasteiger partial charge on any atom is -0.353 e. The van der Waals surface area contributed by atoms with E-state index in [0.717, 1.165) is 25.7 Å². The van der Waals surface area contributed by atoms with Crippen LogP contribution >= 0.6 is 11.6 Å². The zero-order chi connectivity index (χ0) is 11.3. The Hall–Kier alpha value is -0.240. The van der Waals surface area contributed by atoms with Crippen molar-refractivity contribution < 1.29 is 4.79 Å². The summed E-state index contributed by atoms with van der Waals surface area (Å²) in [7, 11) is 0. The highest BCUT2D eigenvalue weighted by atomic mass is 35.5. The summed E-state index contributed by atoms with van der Waals surface area (Å²) in [4.78, 5) is 11.9. The van der Waals surface area contributed by atoms with Crippen molar-refractivity contribution in [3.05, 3.63) is 0 Å². The second-order valence-corrected chi connectivity index (χ2v) is 4.78. The lowest BCUT2D eigenvalue weighted by Gasteiger charge is -2.21. The van der Waals surface area contributed by atoms with Crippen molar-refractivity contribution in [2.45, 2.75) is 52.0 Å². The van der Waals surface area contributed by atoms with Gasteiger partial charge in [-0.1, -0.05) is 20.3 Å². The van der Waals surface area contributed by atoms with E-state index in [9.17, 15) is 4.79 Å². The number of halogens is 1. The lowest BCUT2D eigenvalue weighted by Crippen LogP contribution is -2.41. The molecule has 1 amide bonds. The normalized spacial score (nSPS) is 25.9. The van der Waals surface area contributed by atoms with Gasteiger partial charge in [0.25, 0.3) is 0 Å². The van der Waals surface area contributed by atoms with Crippen LogP contribution in [-0.2, 0) is 4.79 Å². The van der Waals surface area contributed by atoms with Gasteiger partial charge in [-0.3, -0.25) is 4.79 Å². The van der Waals surface area contributed by atoms with Crippen LogP contribution < -0.4 is 5.32 Å². The van der Waals surface area contributed by atoms with Crippen LogP contribution in [0.1, 0.15) is 46.0 Å². The first-order valence-electron chi connectivity index (χ1n) is 6.09. The van der Waals surface area contributed by atoms with Gasteiger partial charge in [0.1, 0.15) is 0 Å². The van der Waals surface area contributed by atoms with Crippen molar-refractivity contribution in [3.8, 4) is 0 Å². The molecule has 2 atom stereocenters. The van der Waals surface area contributed by atoms with Crippen molar-refractivity contribution in [1.82, 2.24) is 5.32 Å². The molecule has 0 aliphatic heterocycles. The standard InChI is InChI=1S/C12H22ClNO/c1-3-9(4-2)12(15)14-11-7-5-6-10(11)8-13/h9-11H,3-8H2,1-2H3,(H,14,15). The number of alkyl halides is 1. The molecule has 0 aromatic carbocycles. The predicted octanol–water partition coefficient (Wildman–Crippen LogP) is 2.95. The van der Waals surface area contributed by atoms with E-state index >= 15 is 0 Å². The lowest BCUT2D eigenvalue weighted by molar-refractivity contribution is -0.126. The third-order valence-corrected chi connectivity index (χ3v) is 3.94.